The lowest BCUT2D eigenvalue weighted by Crippen LogP contribution is -2.28. The van der Waals surface area contributed by atoms with Crippen molar-refractivity contribution in [2.75, 3.05) is 13.7 Å². The highest BCUT2D eigenvalue weighted by atomic mass is 16.5. The van der Waals surface area contributed by atoms with E-state index in [-0.39, 0.29) is 12.0 Å². The minimum atomic E-state index is -0.336. The molecule has 116 valence electrons. The van der Waals surface area contributed by atoms with E-state index in [1.165, 1.54) is 12.7 Å². The van der Waals surface area contributed by atoms with Crippen molar-refractivity contribution in [1.82, 2.24) is 0 Å². The maximum atomic E-state index is 11.3. The molecule has 0 aliphatic carbocycles. The topological polar surface area (TPSA) is 61.5 Å². The standard InChI is InChI=1S/C18H21NO3/c1-21-18(20)16-9-7-15(8-10-16)12-22-13-17(19)11-14-5-3-2-4-6-14/h2-10,17H,11-13,19H2,1H3/t17-/m0/s1. The zero-order valence-electron chi connectivity index (χ0n) is 12.7. The van der Waals surface area contributed by atoms with E-state index in [1.807, 2.05) is 30.3 Å². The summed E-state index contributed by atoms with van der Waals surface area (Å²) in [6.07, 6.45) is 0.794. The first-order chi connectivity index (χ1) is 10.7. The lowest BCUT2D eigenvalue weighted by molar-refractivity contribution is 0.0600. The van der Waals surface area contributed by atoms with Crippen molar-refractivity contribution < 1.29 is 14.3 Å². The predicted molar refractivity (Wildman–Crippen MR) is 85.6 cm³/mol. The van der Waals surface area contributed by atoms with Crippen LogP contribution in [0.4, 0.5) is 0 Å². The van der Waals surface area contributed by atoms with Crippen LogP contribution in [0.15, 0.2) is 54.6 Å². The summed E-state index contributed by atoms with van der Waals surface area (Å²) in [5.41, 5.74) is 8.81. The van der Waals surface area contributed by atoms with E-state index in [1.54, 1.807) is 12.1 Å². The Kier molecular flexibility index (Phi) is 6.13. The highest BCUT2D eigenvalue weighted by molar-refractivity contribution is 5.89. The van der Waals surface area contributed by atoms with Crippen LogP contribution in [-0.4, -0.2) is 25.7 Å². The number of rotatable bonds is 7. The van der Waals surface area contributed by atoms with Gasteiger partial charge in [0.05, 0.1) is 25.9 Å². The van der Waals surface area contributed by atoms with Crippen molar-refractivity contribution in [3.8, 4) is 0 Å². The molecule has 0 aliphatic heterocycles. The molecule has 2 rings (SSSR count). The lowest BCUT2D eigenvalue weighted by atomic mass is 10.1. The van der Waals surface area contributed by atoms with Gasteiger partial charge in [0, 0.05) is 6.04 Å². The predicted octanol–water partition coefficient (Wildman–Crippen LogP) is 2.56. The van der Waals surface area contributed by atoms with Crippen molar-refractivity contribution in [1.29, 1.82) is 0 Å². The minimum absolute atomic E-state index is 0.0308. The quantitative estimate of drug-likeness (QED) is 0.798. The second kappa shape index (κ2) is 8.32. The molecule has 0 radical (unpaired) electrons. The molecule has 2 aromatic rings. The SMILES string of the molecule is COC(=O)c1ccc(COC[C@@H](N)Cc2ccccc2)cc1. The highest BCUT2D eigenvalue weighted by Gasteiger charge is 2.06. The molecule has 0 saturated heterocycles. The summed E-state index contributed by atoms with van der Waals surface area (Å²) in [7, 11) is 1.37. The first kappa shape index (κ1) is 16.2. The highest BCUT2D eigenvalue weighted by Crippen LogP contribution is 2.08. The summed E-state index contributed by atoms with van der Waals surface area (Å²) in [5, 5.41) is 0. The molecule has 0 saturated carbocycles. The van der Waals surface area contributed by atoms with Crippen LogP contribution in [0.1, 0.15) is 21.5 Å². The van der Waals surface area contributed by atoms with Crippen molar-refractivity contribution in [2.45, 2.75) is 19.1 Å². The number of carbonyl (C=O) groups excluding carboxylic acids is 1. The van der Waals surface area contributed by atoms with Gasteiger partial charge >= 0.3 is 5.97 Å². The molecule has 4 nitrogen and oxygen atoms in total. The second-order valence-corrected chi connectivity index (χ2v) is 5.15. The van der Waals surface area contributed by atoms with Gasteiger partial charge in [0.25, 0.3) is 0 Å². The molecule has 0 spiro atoms. The first-order valence-corrected chi connectivity index (χ1v) is 7.23. The Bertz CT molecular complexity index is 581. The molecule has 0 heterocycles. The summed E-state index contributed by atoms with van der Waals surface area (Å²) < 4.78 is 10.3. The third-order valence-corrected chi connectivity index (χ3v) is 3.32. The maximum Gasteiger partial charge on any atom is 0.337 e. The number of nitrogens with two attached hydrogens (primary N) is 1. The van der Waals surface area contributed by atoms with Crippen LogP contribution < -0.4 is 5.73 Å². The summed E-state index contributed by atoms with van der Waals surface area (Å²) in [6.45, 7) is 0.970. The molecule has 0 aromatic heterocycles. The van der Waals surface area contributed by atoms with E-state index < -0.39 is 0 Å². The van der Waals surface area contributed by atoms with Crippen LogP contribution in [0.5, 0.6) is 0 Å². The number of esters is 1. The average Bonchev–Trinajstić information content (AvgIpc) is 2.55. The number of benzene rings is 2. The summed E-state index contributed by atoms with van der Waals surface area (Å²) >= 11 is 0. The molecule has 22 heavy (non-hydrogen) atoms. The number of methoxy groups -OCH3 is 1. The fraction of sp³-hybridized carbons (Fsp3) is 0.278. The molecular weight excluding hydrogens is 278 g/mol. The molecule has 2 aromatic carbocycles. The Hall–Kier alpha value is -2.17. The van der Waals surface area contributed by atoms with Gasteiger partial charge in [-0.1, -0.05) is 42.5 Å². The molecule has 0 fully saturated rings. The Balaban J connectivity index is 1.75. The third-order valence-electron chi connectivity index (χ3n) is 3.32. The van der Waals surface area contributed by atoms with Crippen LogP contribution >= 0.6 is 0 Å². The number of carbonyl (C=O) groups is 1. The summed E-state index contributed by atoms with van der Waals surface area (Å²) in [6, 6.07) is 17.3. The van der Waals surface area contributed by atoms with E-state index in [9.17, 15) is 4.79 Å². The van der Waals surface area contributed by atoms with E-state index in [0.717, 1.165) is 12.0 Å². The monoisotopic (exact) mass is 299 g/mol. The van der Waals surface area contributed by atoms with E-state index in [0.29, 0.717) is 18.8 Å². The molecule has 0 unspecified atom stereocenters. The Morgan fingerprint density at radius 2 is 1.73 bits per heavy atom. The van der Waals surface area contributed by atoms with Crippen LogP contribution in [0.25, 0.3) is 0 Å². The van der Waals surface area contributed by atoms with Gasteiger partial charge in [-0.05, 0) is 29.7 Å². The van der Waals surface area contributed by atoms with Gasteiger partial charge in [0.15, 0.2) is 0 Å². The van der Waals surface area contributed by atoms with Crippen molar-refractivity contribution >= 4 is 5.97 Å². The zero-order chi connectivity index (χ0) is 15.8. The van der Waals surface area contributed by atoms with Gasteiger partial charge < -0.3 is 15.2 Å². The number of hydrogen-bond acceptors (Lipinski definition) is 4. The van der Waals surface area contributed by atoms with Gasteiger partial charge in [-0.3, -0.25) is 0 Å². The largest absolute Gasteiger partial charge is 0.465 e. The average molecular weight is 299 g/mol. The molecule has 4 heteroatoms. The van der Waals surface area contributed by atoms with Gasteiger partial charge in [0.1, 0.15) is 0 Å². The van der Waals surface area contributed by atoms with Gasteiger partial charge in [0.2, 0.25) is 0 Å². The molecule has 0 bridgehead atoms. The summed E-state index contributed by atoms with van der Waals surface area (Å²) in [4.78, 5) is 11.3. The number of hydrogen-bond donors (Lipinski definition) is 1. The van der Waals surface area contributed by atoms with Crippen LogP contribution in [0.3, 0.4) is 0 Å². The molecule has 0 amide bonds. The van der Waals surface area contributed by atoms with Crippen molar-refractivity contribution in [3.05, 3.63) is 71.3 Å². The fourth-order valence-corrected chi connectivity index (χ4v) is 2.16. The first-order valence-electron chi connectivity index (χ1n) is 7.23. The third kappa shape index (κ3) is 4.98. The molecule has 1 atom stereocenters. The lowest BCUT2D eigenvalue weighted by Gasteiger charge is -2.12. The smallest absolute Gasteiger partial charge is 0.337 e. The van der Waals surface area contributed by atoms with Crippen LogP contribution in [0.2, 0.25) is 0 Å². The fourth-order valence-electron chi connectivity index (χ4n) is 2.16. The Morgan fingerprint density at radius 3 is 2.36 bits per heavy atom. The van der Waals surface area contributed by atoms with Gasteiger partial charge in [-0.15, -0.1) is 0 Å². The Morgan fingerprint density at radius 1 is 1.05 bits per heavy atom. The zero-order valence-corrected chi connectivity index (χ0v) is 12.7. The molecular formula is C18H21NO3. The minimum Gasteiger partial charge on any atom is -0.465 e. The van der Waals surface area contributed by atoms with Crippen molar-refractivity contribution in [3.63, 3.8) is 0 Å². The number of ether oxygens (including phenoxy) is 2. The molecule has 0 aliphatic rings. The summed E-state index contributed by atoms with van der Waals surface area (Å²) in [5.74, 6) is -0.336. The van der Waals surface area contributed by atoms with E-state index in [2.05, 4.69) is 16.9 Å². The van der Waals surface area contributed by atoms with Crippen LogP contribution in [-0.2, 0) is 22.5 Å². The van der Waals surface area contributed by atoms with Gasteiger partial charge in [-0.2, -0.15) is 0 Å². The Labute approximate surface area is 130 Å². The molecule has 2 N–H and O–H groups in total. The van der Waals surface area contributed by atoms with Crippen LogP contribution in [0, 0.1) is 0 Å². The van der Waals surface area contributed by atoms with E-state index >= 15 is 0 Å². The second-order valence-electron chi connectivity index (χ2n) is 5.15. The van der Waals surface area contributed by atoms with Crippen molar-refractivity contribution in [2.24, 2.45) is 5.73 Å². The normalized spacial score (nSPS) is 11.9. The maximum absolute atomic E-state index is 11.3. The van der Waals surface area contributed by atoms with E-state index in [4.69, 9.17) is 10.5 Å². The van der Waals surface area contributed by atoms with Gasteiger partial charge in [-0.25, -0.2) is 4.79 Å².